The number of halogens is 2. The zero-order valence-corrected chi connectivity index (χ0v) is 7.71. The summed E-state index contributed by atoms with van der Waals surface area (Å²) >= 11 is 0. The van der Waals surface area contributed by atoms with Crippen molar-refractivity contribution in [1.29, 1.82) is 0 Å². The Morgan fingerprint density at radius 3 is 2.64 bits per heavy atom. The van der Waals surface area contributed by atoms with Crippen molar-refractivity contribution in [2.45, 2.75) is 25.7 Å². The predicted molar refractivity (Wildman–Crippen MR) is 44.2 cm³/mol. The fourth-order valence-electron chi connectivity index (χ4n) is 0.912. The number of aromatic amines is 1. The maximum Gasteiger partial charge on any atom is 0.312 e. The molecule has 78 valence electrons. The number of rotatable bonds is 3. The minimum atomic E-state index is -3.07. The number of carboxylic acid groups (broad SMARTS) is 1. The first-order chi connectivity index (χ1) is 6.32. The Labute approximate surface area is 79.0 Å². The summed E-state index contributed by atoms with van der Waals surface area (Å²) in [4.78, 5) is 16.2. The molecule has 0 aliphatic heterocycles. The summed E-state index contributed by atoms with van der Waals surface area (Å²) in [5.74, 6) is -5.53. The van der Waals surface area contributed by atoms with Crippen LogP contribution >= 0.6 is 0 Å². The normalized spacial score (nSPS) is 14.0. The van der Waals surface area contributed by atoms with Gasteiger partial charge in [-0.2, -0.15) is 8.78 Å². The van der Waals surface area contributed by atoms with E-state index in [1.54, 1.807) is 0 Å². The highest BCUT2D eigenvalue weighted by Crippen LogP contribution is 2.25. The molecule has 0 bridgehead atoms. The van der Waals surface area contributed by atoms with Crippen LogP contribution in [0.2, 0.25) is 0 Å². The van der Waals surface area contributed by atoms with Gasteiger partial charge < -0.3 is 10.1 Å². The van der Waals surface area contributed by atoms with Gasteiger partial charge in [-0.1, -0.05) is 0 Å². The maximum atomic E-state index is 12.7. The van der Waals surface area contributed by atoms with Crippen LogP contribution in [0.25, 0.3) is 0 Å². The van der Waals surface area contributed by atoms with Crippen LogP contribution in [0, 0.1) is 0 Å². The number of aromatic nitrogens is 2. The molecule has 0 amide bonds. The number of hydrogen-bond acceptors (Lipinski definition) is 2. The van der Waals surface area contributed by atoms with Crippen LogP contribution in [0.4, 0.5) is 8.78 Å². The summed E-state index contributed by atoms with van der Waals surface area (Å²) in [5, 5.41) is 8.61. The molecule has 0 saturated heterocycles. The SMILES string of the molecule is CC(C(=O)O)c1cnc(C(C)(F)F)[nH]1. The second kappa shape index (κ2) is 3.36. The lowest BCUT2D eigenvalue weighted by Crippen LogP contribution is -2.11. The van der Waals surface area contributed by atoms with Gasteiger partial charge in [0.05, 0.1) is 5.92 Å². The van der Waals surface area contributed by atoms with Crippen molar-refractivity contribution in [3.05, 3.63) is 17.7 Å². The monoisotopic (exact) mass is 204 g/mol. The van der Waals surface area contributed by atoms with Gasteiger partial charge in [0.2, 0.25) is 0 Å². The molecule has 0 saturated carbocycles. The molecule has 0 fully saturated rings. The average Bonchev–Trinajstić information content (AvgIpc) is 2.49. The highest BCUT2D eigenvalue weighted by atomic mass is 19.3. The molecule has 1 aromatic heterocycles. The van der Waals surface area contributed by atoms with Gasteiger partial charge in [-0.15, -0.1) is 0 Å². The number of alkyl halides is 2. The smallest absolute Gasteiger partial charge is 0.312 e. The average molecular weight is 204 g/mol. The van der Waals surface area contributed by atoms with Crippen molar-refractivity contribution in [1.82, 2.24) is 9.97 Å². The van der Waals surface area contributed by atoms with E-state index in [0.717, 1.165) is 6.20 Å². The molecule has 6 heteroatoms. The Balaban J connectivity index is 2.94. The van der Waals surface area contributed by atoms with Crippen molar-refractivity contribution in [2.75, 3.05) is 0 Å². The van der Waals surface area contributed by atoms with Crippen LogP contribution in [-0.4, -0.2) is 21.0 Å². The molecule has 0 aliphatic carbocycles. The van der Waals surface area contributed by atoms with Crippen LogP contribution < -0.4 is 0 Å². The van der Waals surface area contributed by atoms with Crippen LogP contribution in [0.1, 0.15) is 31.3 Å². The molecule has 1 unspecified atom stereocenters. The van der Waals surface area contributed by atoms with Crippen molar-refractivity contribution >= 4 is 5.97 Å². The molecular formula is C8H10F2N2O2. The highest BCUT2D eigenvalue weighted by molar-refractivity contribution is 5.74. The van der Waals surface area contributed by atoms with E-state index in [-0.39, 0.29) is 5.69 Å². The fourth-order valence-corrected chi connectivity index (χ4v) is 0.912. The second-order valence-corrected chi connectivity index (χ2v) is 3.14. The third-order valence-electron chi connectivity index (χ3n) is 1.85. The van der Waals surface area contributed by atoms with Gasteiger partial charge in [-0.25, -0.2) is 4.98 Å². The molecule has 4 nitrogen and oxygen atoms in total. The quantitative estimate of drug-likeness (QED) is 0.787. The highest BCUT2D eigenvalue weighted by Gasteiger charge is 2.29. The summed E-state index contributed by atoms with van der Waals surface area (Å²) in [6.45, 7) is 2.09. The summed E-state index contributed by atoms with van der Waals surface area (Å²) < 4.78 is 25.4. The van der Waals surface area contributed by atoms with Gasteiger partial charge in [0, 0.05) is 18.8 Å². The summed E-state index contributed by atoms with van der Waals surface area (Å²) in [6.07, 6.45) is 1.12. The van der Waals surface area contributed by atoms with Gasteiger partial charge in [-0.3, -0.25) is 4.79 Å². The molecule has 0 radical (unpaired) electrons. The van der Waals surface area contributed by atoms with E-state index in [1.807, 2.05) is 0 Å². The summed E-state index contributed by atoms with van der Waals surface area (Å²) in [5.41, 5.74) is 0.175. The first-order valence-electron chi connectivity index (χ1n) is 3.98. The zero-order valence-electron chi connectivity index (χ0n) is 7.71. The minimum Gasteiger partial charge on any atom is -0.481 e. The minimum absolute atomic E-state index is 0.175. The first-order valence-corrected chi connectivity index (χ1v) is 3.98. The van der Waals surface area contributed by atoms with Crippen molar-refractivity contribution in [2.24, 2.45) is 0 Å². The molecule has 1 atom stereocenters. The molecule has 1 heterocycles. The van der Waals surface area contributed by atoms with Gasteiger partial charge in [-0.05, 0) is 6.92 Å². The van der Waals surface area contributed by atoms with E-state index in [4.69, 9.17) is 5.11 Å². The van der Waals surface area contributed by atoms with Gasteiger partial charge in [0.25, 0.3) is 0 Å². The number of carboxylic acids is 1. The molecule has 14 heavy (non-hydrogen) atoms. The Kier molecular flexibility index (Phi) is 2.55. The predicted octanol–water partition coefficient (Wildman–Crippen LogP) is 1.71. The van der Waals surface area contributed by atoms with E-state index in [9.17, 15) is 13.6 Å². The largest absolute Gasteiger partial charge is 0.481 e. The number of imidazole rings is 1. The Hall–Kier alpha value is -1.46. The molecule has 0 aromatic carbocycles. The third kappa shape index (κ3) is 2.07. The number of H-pyrrole nitrogens is 1. The van der Waals surface area contributed by atoms with E-state index in [0.29, 0.717) is 6.92 Å². The van der Waals surface area contributed by atoms with Crippen LogP contribution in [-0.2, 0) is 10.7 Å². The molecular weight excluding hydrogens is 194 g/mol. The van der Waals surface area contributed by atoms with Gasteiger partial charge in [0.1, 0.15) is 0 Å². The number of nitrogens with zero attached hydrogens (tertiary/aromatic N) is 1. The lowest BCUT2D eigenvalue weighted by Gasteiger charge is -2.06. The standard InChI is InChI=1S/C8H10F2N2O2/c1-4(6(13)14)5-3-11-7(12-5)8(2,9)10/h3-4H,1-2H3,(H,11,12)(H,13,14). The van der Waals surface area contributed by atoms with Gasteiger partial charge >= 0.3 is 11.9 Å². The fraction of sp³-hybridized carbons (Fsp3) is 0.500. The maximum absolute atomic E-state index is 12.7. The lowest BCUT2D eigenvalue weighted by molar-refractivity contribution is -0.138. The summed E-state index contributed by atoms with van der Waals surface area (Å²) in [6, 6.07) is 0. The van der Waals surface area contributed by atoms with Crippen LogP contribution in [0.15, 0.2) is 6.20 Å². The molecule has 1 aromatic rings. The van der Waals surface area contributed by atoms with E-state index in [2.05, 4.69) is 9.97 Å². The number of aliphatic carboxylic acids is 1. The lowest BCUT2D eigenvalue weighted by atomic mass is 10.1. The Bertz CT molecular complexity index is 343. The zero-order chi connectivity index (χ0) is 10.9. The number of nitrogens with one attached hydrogen (secondary N) is 1. The Morgan fingerprint density at radius 2 is 2.29 bits per heavy atom. The van der Waals surface area contributed by atoms with E-state index >= 15 is 0 Å². The number of carbonyl (C=O) groups is 1. The van der Waals surface area contributed by atoms with Crippen LogP contribution in [0.3, 0.4) is 0 Å². The first kappa shape index (κ1) is 10.6. The van der Waals surface area contributed by atoms with Gasteiger partial charge in [0.15, 0.2) is 5.82 Å². The molecule has 0 spiro atoms. The van der Waals surface area contributed by atoms with E-state index < -0.39 is 23.6 Å². The van der Waals surface area contributed by atoms with Crippen molar-refractivity contribution in [3.63, 3.8) is 0 Å². The third-order valence-corrected chi connectivity index (χ3v) is 1.85. The number of hydrogen-bond donors (Lipinski definition) is 2. The second-order valence-electron chi connectivity index (χ2n) is 3.14. The summed E-state index contributed by atoms with van der Waals surface area (Å²) in [7, 11) is 0. The molecule has 0 aliphatic rings. The topological polar surface area (TPSA) is 66.0 Å². The van der Waals surface area contributed by atoms with E-state index in [1.165, 1.54) is 6.92 Å². The van der Waals surface area contributed by atoms with Crippen LogP contribution in [0.5, 0.6) is 0 Å². The van der Waals surface area contributed by atoms with Crippen molar-refractivity contribution < 1.29 is 18.7 Å². The Morgan fingerprint density at radius 1 is 1.71 bits per heavy atom. The molecule has 2 N–H and O–H groups in total. The molecule has 1 rings (SSSR count). The van der Waals surface area contributed by atoms with Crippen molar-refractivity contribution in [3.8, 4) is 0 Å².